The molecule has 1 aromatic rings. The largest absolute Gasteiger partial charge is 0.135 e. The zero-order valence-corrected chi connectivity index (χ0v) is 12.6. The lowest BCUT2D eigenvalue weighted by Crippen LogP contribution is -2.41. The quantitative estimate of drug-likeness (QED) is 0.675. The molecule has 0 amide bonds. The van der Waals surface area contributed by atoms with Gasteiger partial charge in [0.1, 0.15) is 0 Å². The van der Waals surface area contributed by atoms with E-state index in [9.17, 15) is 5.21 Å². The maximum atomic E-state index is 12.5. The topological polar surface area (TPSA) is 23.1 Å². The molecule has 1 radical (unpaired) electrons. The lowest BCUT2D eigenvalue weighted by Gasteiger charge is -2.32. The summed E-state index contributed by atoms with van der Waals surface area (Å²) in [4.78, 5) is 0. The van der Waals surface area contributed by atoms with Gasteiger partial charge in [-0.05, 0) is 49.8 Å². The number of hydroxylamine groups is 2. The number of benzene rings is 1. The SMILES string of the molecule is CC(C)(C)c1ccc2c(c1)C(C)(C)N([O])C2(C)C. The molecule has 1 aliphatic rings. The monoisotopic (exact) mass is 246 g/mol. The van der Waals surface area contributed by atoms with Crippen LogP contribution in [0.15, 0.2) is 18.2 Å². The highest BCUT2D eigenvalue weighted by atomic mass is 16.5. The zero-order chi connectivity index (χ0) is 13.9. The molecule has 0 bridgehead atoms. The Labute approximate surface area is 111 Å². The van der Waals surface area contributed by atoms with E-state index in [0.717, 1.165) is 5.56 Å². The minimum Gasteiger partial charge on any atom is -0.135 e. The summed E-state index contributed by atoms with van der Waals surface area (Å²) in [5.41, 5.74) is 2.87. The average molecular weight is 246 g/mol. The van der Waals surface area contributed by atoms with Crippen molar-refractivity contribution in [3.8, 4) is 0 Å². The molecule has 2 nitrogen and oxygen atoms in total. The van der Waals surface area contributed by atoms with Crippen molar-refractivity contribution in [3.05, 3.63) is 34.9 Å². The molecule has 1 heterocycles. The van der Waals surface area contributed by atoms with Crippen molar-refractivity contribution < 1.29 is 5.21 Å². The summed E-state index contributed by atoms with van der Waals surface area (Å²) in [6.07, 6.45) is 0. The van der Waals surface area contributed by atoms with Crippen molar-refractivity contribution in [1.29, 1.82) is 0 Å². The van der Waals surface area contributed by atoms with Crippen molar-refractivity contribution in [3.63, 3.8) is 0 Å². The number of fused-ring (bicyclic) bond motifs is 1. The zero-order valence-electron chi connectivity index (χ0n) is 12.6. The van der Waals surface area contributed by atoms with Crippen LogP contribution in [-0.2, 0) is 21.7 Å². The first-order valence-electron chi connectivity index (χ1n) is 6.62. The van der Waals surface area contributed by atoms with Gasteiger partial charge in [0, 0.05) is 0 Å². The summed E-state index contributed by atoms with van der Waals surface area (Å²) in [6.45, 7) is 14.7. The summed E-state index contributed by atoms with van der Waals surface area (Å²) >= 11 is 0. The van der Waals surface area contributed by atoms with E-state index in [1.165, 1.54) is 16.2 Å². The van der Waals surface area contributed by atoms with E-state index in [1.807, 2.05) is 27.7 Å². The molecule has 99 valence electrons. The van der Waals surface area contributed by atoms with Crippen LogP contribution in [0.25, 0.3) is 0 Å². The summed E-state index contributed by atoms with van der Waals surface area (Å²) in [7, 11) is 0. The van der Waals surface area contributed by atoms with Crippen LogP contribution >= 0.6 is 0 Å². The average Bonchev–Trinajstić information content (AvgIpc) is 2.37. The highest BCUT2D eigenvalue weighted by Crippen LogP contribution is 2.49. The summed E-state index contributed by atoms with van der Waals surface area (Å²) in [6, 6.07) is 6.51. The number of nitrogens with zero attached hydrogens (tertiary/aromatic N) is 1. The molecule has 0 N–H and O–H groups in total. The van der Waals surface area contributed by atoms with E-state index in [-0.39, 0.29) is 5.41 Å². The van der Waals surface area contributed by atoms with Crippen molar-refractivity contribution >= 4 is 0 Å². The Kier molecular flexibility index (Phi) is 2.70. The predicted octanol–water partition coefficient (Wildman–Crippen LogP) is 4.12. The van der Waals surface area contributed by atoms with E-state index in [1.54, 1.807) is 0 Å². The maximum Gasteiger partial charge on any atom is 0.0699 e. The van der Waals surface area contributed by atoms with Gasteiger partial charge in [-0.3, -0.25) is 0 Å². The van der Waals surface area contributed by atoms with E-state index in [4.69, 9.17) is 0 Å². The van der Waals surface area contributed by atoms with Gasteiger partial charge in [-0.2, -0.15) is 0 Å². The summed E-state index contributed by atoms with van der Waals surface area (Å²) < 4.78 is 0. The van der Waals surface area contributed by atoms with Crippen molar-refractivity contribution in [2.24, 2.45) is 0 Å². The van der Waals surface area contributed by atoms with Crippen LogP contribution in [-0.4, -0.2) is 5.06 Å². The normalized spacial score (nSPS) is 22.0. The number of hydrogen-bond acceptors (Lipinski definition) is 1. The molecule has 2 rings (SSSR count). The van der Waals surface area contributed by atoms with Crippen LogP contribution in [0.5, 0.6) is 0 Å². The van der Waals surface area contributed by atoms with Gasteiger partial charge in [0.2, 0.25) is 0 Å². The fraction of sp³-hybridized carbons (Fsp3) is 0.625. The lowest BCUT2D eigenvalue weighted by atomic mass is 9.81. The Bertz CT molecular complexity index is 480. The Morgan fingerprint density at radius 1 is 0.944 bits per heavy atom. The minimum atomic E-state index is -0.444. The van der Waals surface area contributed by atoms with Crippen LogP contribution < -0.4 is 0 Å². The molecular formula is C16H24NO. The molecule has 0 aliphatic carbocycles. The second kappa shape index (κ2) is 3.58. The molecule has 0 atom stereocenters. The highest BCUT2D eigenvalue weighted by molar-refractivity contribution is 5.46. The molecule has 1 aromatic carbocycles. The molecule has 0 spiro atoms. The first-order chi connectivity index (χ1) is 7.99. The fourth-order valence-electron chi connectivity index (χ4n) is 2.97. The van der Waals surface area contributed by atoms with Gasteiger partial charge in [-0.25, -0.2) is 0 Å². The Hall–Kier alpha value is -0.860. The fourth-order valence-corrected chi connectivity index (χ4v) is 2.97. The molecule has 0 fully saturated rings. The number of hydrogen-bond donors (Lipinski definition) is 0. The molecule has 0 unspecified atom stereocenters. The van der Waals surface area contributed by atoms with Gasteiger partial charge >= 0.3 is 0 Å². The second-order valence-corrected chi connectivity index (χ2v) is 7.42. The van der Waals surface area contributed by atoms with Crippen LogP contribution in [0.3, 0.4) is 0 Å². The van der Waals surface area contributed by atoms with E-state index < -0.39 is 11.1 Å². The van der Waals surface area contributed by atoms with Gasteiger partial charge in [-0.15, -0.1) is 10.3 Å². The van der Waals surface area contributed by atoms with Crippen molar-refractivity contribution in [1.82, 2.24) is 5.06 Å². The van der Waals surface area contributed by atoms with Gasteiger partial charge in [0.25, 0.3) is 0 Å². The maximum absolute atomic E-state index is 12.5. The molecule has 1 aliphatic heterocycles. The molecule has 0 saturated heterocycles. The third-order valence-electron chi connectivity index (χ3n) is 4.22. The first kappa shape index (κ1) is 13.6. The third-order valence-corrected chi connectivity index (χ3v) is 4.22. The molecule has 2 heteroatoms. The molecule has 0 aromatic heterocycles. The van der Waals surface area contributed by atoms with Gasteiger partial charge in [-0.1, -0.05) is 39.0 Å². The molecule has 18 heavy (non-hydrogen) atoms. The van der Waals surface area contributed by atoms with E-state index >= 15 is 0 Å². The van der Waals surface area contributed by atoms with Crippen LogP contribution in [0, 0.1) is 0 Å². The number of rotatable bonds is 0. The standard InChI is InChI=1S/C16H24NO/c1-14(2,3)11-8-9-12-13(10-11)16(6,7)17(18)15(12,4)5/h8-10H,1-7H3. The summed E-state index contributed by atoms with van der Waals surface area (Å²) in [5, 5.41) is 13.7. The smallest absolute Gasteiger partial charge is 0.0699 e. The Balaban J connectivity index is 2.66. The van der Waals surface area contributed by atoms with Crippen molar-refractivity contribution in [2.45, 2.75) is 65.0 Å². The van der Waals surface area contributed by atoms with Crippen LogP contribution in [0.2, 0.25) is 0 Å². The van der Waals surface area contributed by atoms with E-state index in [2.05, 4.69) is 39.0 Å². The van der Waals surface area contributed by atoms with Gasteiger partial charge in [0.15, 0.2) is 0 Å². The molecule has 0 saturated carbocycles. The third kappa shape index (κ3) is 1.70. The Morgan fingerprint density at radius 2 is 1.44 bits per heavy atom. The highest BCUT2D eigenvalue weighted by Gasteiger charge is 2.50. The second-order valence-electron chi connectivity index (χ2n) is 7.42. The van der Waals surface area contributed by atoms with Crippen LogP contribution in [0.4, 0.5) is 0 Å². The Morgan fingerprint density at radius 3 is 1.94 bits per heavy atom. The van der Waals surface area contributed by atoms with Crippen LogP contribution in [0.1, 0.15) is 65.2 Å². The van der Waals surface area contributed by atoms with Gasteiger partial charge < -0.3 is 0 Å². The first-order valence-corrected chi connectivity index (χ1v) is 6.62. The minimum absolute atomic E-state index is 0.117. The van der Waals surface area contributed by atoms with E-state index in [0.29, 0.717) is 0 Å². The molecular weight excluding hydrogens is 222 g/mol. The predicted molar refractivity (Wildman–Crippen MR) is 73.7 cm³/mol. The van der Waals surface area contributed by atoms with Crippen molar-refractivity contribution in [2.75, 3.05) is 0 Å². The lowest BCUT2D eigenvalue weighted by molar-refractivity contribution is -0.266. The summed E-state index contributed by atoms with van der Waals surface area (Å²) in [5.74, 6) is 0. The van der Waals surface area contributed by atoms with Gasteiger partial charge in [0.05, 0.1) is 11.1 Å².